The smallest absolute Gasteiger partial charge is 0.243 e. The van der Waals surface area contributed by atoms with Gasteiger partial charge < -0.3 is 21.1 Å². The van der Waals surface area contributed by atoms with Gasteiger partial charge in [-0.2, -0.15) is 4.31 Å². The van der Waals surface area contributed by atoms with Crippen molar-refractivity contribution in [1.29, 1.82) is 0 Å². The highest BCUT2D eigenvalue weighted by Gasteiger charge is 2.40. The zero-order valence-electron chi connectivity index (χ0n) is 19.6. The maximum atomic E-state index is 13.3. The molecule has 4 N–H and O–H groups in total. The number of rotatable bonds is 9. The van der Waals surface area contributed by atoms with Crippen LogP contribution in [-0.4, -0.2) is 69.8 Å². The number of Topliss-reactive ketones (excluding diaryl/α,β-unsaturated/α-hetero) is 1. The lowest BCUT2D eigenvalue weighted by Gasteiger charge is -2.33. The fourth-order valence-corrected chi connectivity index (χ4v) is 5.94. The number of nitrogens with two attached hydrogens (primary N) is 1. The first-order chi connectivity index (χ1) is 16.3. The van der Waals surface area contributed by atoms with Gasteiger partial charge in [-0.1, -0.05) is 18.2 Å². The van der Waals surface area contributed by atoms with Crippen LogP contribution in [0, 0.1) is 5.92 Å². The molecule has 3 aliphatic rings. The summed E-state index contributed by atoms with van der Waals surface area (Å²) in [6.07, 6.45) is 7.67. The molecule has 2 atom stereocenters. The Balaban J connectivity index is 1.74. The molecule has 186 valence electrons. The first kappa shape index (κ1) is 25.0. The number of carbonyl (C=O) groups excluding carboxylic acids is 2. The van der Waals surface area contributed by atoms with E-state index in [1.807, 2.05) is 12.2 Å². The largest absolute Gasteiger partial charge is 0.379 e. The topological polar surface area (TPSA) is 131 Å². The summed E-state index contributed by atoms with van der Waals surface area (Å²) in [6.45, 7) is 3.45. The number of amides is 1. The molecule has 9 nitrogen and oxygen atoms in total. The number of nitrogens with zero attached hydrogens (tertiary/aromatic N) is 1. The minimum Gasteiger partial charge on any atom is -0.379 e. The third-order valence-corrected chi connectivity index (χ3v) is 8.73. The number of hydrogen-bond donors (Lipinski definition) is 3. The second-order valence-corrected chi connectivity index (χ2v) is 11.3. The number of morpholine rings is 1. The van der Waals surface area contributed by atoms with Crippen LogP contribution in [0.1, 0.15) is 43.7 Å². The van der Waals surface area contributed by atoms with Crippen LogP contribution in [0.5, 0.6) is 0 Å². The summed E-state index contributed by atoms with van der Waals surface area (Å²) in [5, 5.41) is 6.08. The van der Waals surface area contributed by atoms with E-state index in [-0.39, 0.29) is 29.2 Å². The molecule has 1 amide bonds. The van der Waals surface area contributed by atoms with E-state index >= 15 is 0 Å². The highest BCUT2D eigenvalue weighted by atomic mass is 32.2. The number of benzene rings is 1. The van der Waals surface area contributed by atoms with Gasteiger partial charge in [-0.3, -0.25) is 9.59 Å². The van der Waals surface area contributed by atoms with Crippen molar-refractivity contribution in [3.8, 4) is 0 Å². The van der Waals surface area contributed by atoms with Crippen molar-refractivity contribution in [2.75, 3.05) is 39.4 Å². The van der Waals surface area contributed by atoms with Crippen LogP contribution < -0.4 is 16.4 Å². The van der Waals surface area contributed by atoms with Crippen molar-refractivity contribution in [2.24, 2.45) is 11.7 Å². The summed E-state index contributed by atoms with van der Waals surface area (Å²) < 4.78 is 33.3. The second kappa shape index (κ2) is 10.2. The molecular formula is C24H34N4O5S. The second-order valence-electron chi connectivity index (χ2n) is 9.35. The number of nitrogens with one attached hydrogen (secondary N) is 2. The maximum Gasteiger partial charge on any atom is 0.243 e. The molecule has 2 aliphatic heterocycles. The Morgan fingerprint density at radius 3 is 2.62 bits per heavy atom. The van der Waals surface area contributed by atoms with E-state index in [1.165, 1.54) is 10.4 Å². The molecule has 2 heterocycles. The van der Waals surface area contributed by atoms with Crippen LogP contribution in [0.25, 0.3) is 6.08 Å². The third kappa shape index (κ3) is 5.26. The molecular weight excluding hydrogens is 456 g/mol. The Hall–Kier alpha value is -2.11. The standard InChI is InChI=1S/C24H34N4O5S/c1-24(22(29)16-25,27-23(30)21-3-2-10-26-21)20-9-8-19(15-18(20)7-6-17-4-5-17)34(31,32)28-11-13-33-14-12-28/h6-9,15,17,21,26H,2-5,10-14,16,25H2,1H3,(H,27,30)/b7-6+/t21-,24-/m0/s1. The van der Waals surface area contributed by atoms with Crippen molar-refractivity contribution in [3.63, 3.8) is 0 Å². The van der Waals surface area contributed by atoms with Crippen molar-refractivity contribution in [2.45, 2.75) is 49.1 Å². The van der Waals surface area contributed by atoms with Gasteiger partial charge in [-0.25, -0.2) is 8.42 Å². The van der Waals surface area contributed by atoms with E-state index in [1.54, 1.807) is 19.1 Å². The highest BCUT2D eigenvalue weighted by Crippen LogP contribution is 2.34. The van der Waals surface area contributed by atoms with Crippen LogP contribution in [0.4, 0.5) is 0 Å². The minimum atomic E-state index is -3.72. The van der Waals surface area contributed by atoms with Crippen LogP contribution in [0.2, 0.25) is 0 Å². The van der Waals surface area contributed by atoms with E-state index in [9.17, 15) is 18.0 Å². The van der Waals surface area contributed by atoms with E-state index in [2.05, 4.69) is 10.6 Å². The van der Waals surface area contributed by atoms with Crippen molar-refractivity contribution >= 4 is 27.8 Å². The first-order valence-electron chi connectivity index (χ1n) is 11.9. The van der Waals surface area contributed by atoms with Crippen molar-refractivity contribution < 1.29 is 22.7 Å². The van der Waals surface area contributed by atoms with E-state index in [0.717, 1.165) is 25.8 Å². The summed E-state index contributed by atoms with van der Waals surface area (Å²) in [4.78, 5) is 26.2. The molecule has 4 rings (SSSR count). The molecule has 1 aliphatic carbocycles. The lowest BCUT2D eigenvalue weighted by atomic mass is 9.83. The van der Waals surface area contributed by atoms with E-state index < -0.39 is 15.6 Å². The number of carbonyl (C=O) groups is 2. The average Bonchev–Trinajstić information content (AvgIpc) is 3.52. The number of sulfonamides is 1. The zero-order chi connectivity index (χ0) is 24.3. The fourth-order valence-electron chi connectivity index (χ4n) is 4.49. The Labute approximate surface area is 201 Å². The van der Waals surface area contributed by atoms with Crippen LogP contribution in [0.15, 0.2) is 29.2 Å². The number of hydrogen-bond acceptors (Lipinski definition) is 7. The average molecular weight is 491 g/mol. The monoisotopic (exact) mass is 490 g/mol. The quantitative estimate of drug-likeness (QED) is 0.465. The molecule has 0 aromatic heterocycles. The maximum absolute atomic E-state index is 13.3. The van der Waals surface area contributed by atoms with E-state index in [4.69, 9.17) is 10.5 Å². The van der Waals surface area contributed by atoms with Gasteiger partial charge >= 0.3 is 0 Å². The number of ether oxygens (including phenoxy) is 1. The molecule has 0 radical (unpaired) electrons. The molecule has 1 saturated carbocycles. The molecule has 34 heavy (non-hydrogen) atoms. The van der Waals surface area contributed by atoms with Gasteiger partial charge in [0.1, 0.15) is 5.54 Å². The first-order valence-corrected chi connectivity index (χ1v) is 13.4. The van der Waals surface area contributed by atoms with Gasteiger partial charge in [0, 0.05) is 13.1 Å². The molecule has 10 heteroatoms. The summed E-state index contributed by atoms with van der Waals surface area (Å²) >= 11 is 0. The Morgan fingerprint density at radius 1 is 1.26 bits per heavy atom. The summed E-state index contributed by atoms with van der Waals surface area (Å²) in [7, 11) is -3.72. The highest BCUT2D eigenvalue weighted by molar-refractivity contribution is 7.89. The number of allylic oxidation sites excluding steroid dienone is 1. The lowest BCUT2D eigenvalue weighted by Crippen LogP contribution is -2.56. The Kier molecular flexibility index (Phi) is 7.54. The normalized spacial score (nSPS) is 23.6. The molecule has 0 unspecified atom stereocenters. The molecule has 1 aromatic rings. The minimum absolute atomic E-state index is 0.153. The van der Waals surface area contributed by atoms with Crippen LogP contribution >= 0.6 is 0 Å². The Bertz CT molecular complexity index is 1060. The predicted molar refractivity (Wildman–Crippen MR) is 128 cm³/mol. The molecule has 0 bridgehead atoms. The van der Waals surface area contributed by atoms with Gasteiger partial charge in [-0.05, 0) is 68.3 Å². The summed E-state index contributed by atoms with van der Waals surface area (Å²) in [5.74, 6) is -0.159. The van der Waals surface area contributed by atoms with E-state index in [0.29, 0.717) is 49.8 Å². The lowest BCUT2D eigenvalue weighted by molar-refractivity contribution is -0.132. The summed E-state index contributed by atoms with van der Waals surface area (Å²) in [5.41, 5.74) is 5.49. The Morgan fingerprint density at radius 2 is 2.00 bits per heavy atom. The van der Waals surface area contributed by atoms with Crippen molar-refractivity contribution in [1.82, 2.24) is 14.9 Å². The fraction of sp³-hybridized carbons (Fsp3) is 0.583. The molecule has 3 fully saturated rings. The van der Waals surface area contributed by atoms with Gasteiger partial charge in [-0.15, -0.1) is 0 Å². The van der Waals surface area contributed by atoms with Crippen LogP contribution in [0.3, 0.4) is 0 Å². The third-order valence-electron chi connectivity index (χ3n) is 6.83. The van der Waals surface area contributed by atoms with Gasteiger partial charge in [0.15, 0.2) is 5.78 Å². The molecule has 1 aromatic carbocycles. The molecule has 0 spiro atoms. The van der Waals surface area contributed by atoms with Gasteiger partial charge in [0.2, 0.25) is 15.9 Å². The zero-order valence-corrected chi connectivity index (χ0v) is 20.4. The van der Waals surface area contributed by atoms with Gasteiger partial charge in [0.05, 0.1) is 30.7 Å². The van der Waals surface area contributed by atoms with Gasteiger partial charge in [0.25, 0.3) is 0 Å². The predicted octanol–water partition coefficient (Wildman–Crippen LogP) is 0.742. The summed E-state index contributed by atoms with van der Waals surface area (Å²) in [6, 6.07) is 4.38. The van der Waals surface area contributed by atoms with Crippen LogP contribution in [-0.2, 0) is 29.9 Å². The SMILES string of the molecule is C[C@@](NC(=O)[C@@H]1CCCN1)(C(=O)CN)c1ccc(S(=O)(=O)N2CCOCC2)cc1/C=C/C1CC1. The number of ketones is 1. The molecule has 2 saturated heterocycles. The van der Waals surface area contributed by atoms with Crippen molar-refractivity contribution in [3.05, 3.63) is 35.4 Å².